The quantitative estimate of drug-likeness (QED) is 0.315. The highest BCUT2D eigenvalue weighted by atomic mass is 16.5. The highest BCUT2D eigenvalue weighted by Crippen LogP contribution is 2.27. The van der Waals surface area contributed by atoms with Crippen LogP contribution in [0.2, 0.25) is 0 Å². The fraction of sp³-hybridized carbons (Fsp3) is 0.632. The fourth-order valence-corrected chi connectivity index (χ4v) is 2.38. The Hall–Kier alpha value is -1.99. The van der Waals surface area contributed by atoms with Crippen LogP contribution in [0.15, 0.2) is 23.2 Å². The van der Waals surface area contributed by atoms with Gasteiger partial charge in [-0.2, -0.15) is 0 Å². The molecule has 1 rings (SSSR count). The van der Waals surface area contributed by atoms with E-state index in [1.54, 1.807) is 28.4 Å². The lowest BCUT2D eigenvalue weighted by atomic mass is 10.1. The molecule has 0 fully saturated rings. The van der Waals surface area contributed by atoms with Crippen LogP contribution in [0.1, 0.15) is 18.4 Å². The SMILES string of the molecule is CN=C(NCCCOCCOC)NCCCc1ccc(OC)c(OC)c1. The summed E-state index contributed by atoms with van der Waals surface area (Å²) in [6.45, 7) is 3.66. The molecule has 0 aliphatic carbocycles. The van der Waals surface area contributed by atoms with E-state index in [4.69, 9.17) is 18.9 Å². The zero-order chi connectivity index (χ0) is 19.0. The summed E-state index contributed by atoms with van der Waals surface area (Å²) in [6, 6.07) is 6.03. The van der Waals surface area contributed by atoms with Crippen LogP contribution in [0.3, 0.4) is 0 Å². The van der Waals surface area contributed by atoms with E-state index in [2.05, 4.69) is 21.7 Å². The molecule has 0 amide bonds. The van der Waals surface area contributed by atoms with Gasteiger partial charge in [0.25, 0.3) is 0 Å². The number of aliphatic imine (C=N–C) groups is 1. The maximum Gasteiger partial charge on any atom is 0.190 e. The smallest absolute Gasteiger partial charge is 0.190 e. The molecule has 0 radical (unpaired) electrons. The molecular formula is C19H33N3O4. The molecule has 0 unspecified atom stereocenters. The van der Waals surface area contributed by atoms with Gasteiger partial charge in [0.2, 0.25) is 0 Å². The van der Waals surface area contributed by atoms with E-state index in [1.807, 2.05) is 12.1 Å². The molecule has 0 saturated heterocycles. The fourth-order valence-electron chi connectivity index (χ4n) is 2.38. The summed E-state index contributed by atoms with van der Waals surface area (Å²) in [5.74, 6) is 2.34. The molecule has 0 atom stereocenters. The molecule has 148 valence electrons. The zero-order valence-corrected chi connectivity index (χ0v) is 16.5. The largest absolute Gasteiger partial charge is 0.493 e. The van der Waals surface area contributed by atoms with Crippen molar-refractivity contribution in [3.05, 3.63) is 23.8 Å². The maximum absolute atomic E-state index is 5.43. The third-order valence-corrected chi connectivity index (χ3v) is 3.80. The molecule has 0 saturated carbocycles. The Bertz CT molecular complexity index is 524. The van der Waals surface area contributed by atoms with Gasteiger partial charge in [0.15, 0.2) is 17.5 Å². The Morgan fingerprint density at radius 2 is 1.65 bits per heavy atom. The standard InChI is InChI=1S/C19H33N3O4/c1-20-19(22-11-6-12-26-14-13-23-2)21-10-5-7-16-8-9-17(24-3)18(15-16)25-4/h8-9,15H,5-7,10-14H2,1-4H3,(H2,20,21,22). The summed E-state index contributed by atoms with van der Waals surface area (Å²) in [7, 11) is 6.75. The summed E-state index contributed by atoms with van der Waals surface area (Å²) in [5, 5.41) is 6.61. The van der Waals surface area contributed by atoms with Gasteiger partial charge in [-0.05, 0) is 37.0 Å². The molecule has 0 spiro atoms. The lowest BCUT2D eigenvalue weighted by molar-refractivity contribution is 0.0698. The summed E-state index contributed by atoms with van der Waals surface area (Å²) in [6.07, 6.45) is 2.88. The molecule has 7 nitrogen and oxygen atoms in total. The summed E-state index contributed by atoms with van der Waals surface area (Å²) < 4.78 is 21.0. The molecule has 0 heterocycles. The molecule has 0 aliphatic heterocycles. The number of nitrogens with one attached hydrogen (secondary N) is 2. The van der Waals surface area contributed by atoms with Crippen molar-refractivity contribution in [3.8, 4) is 11.5 Å². The van der Waals surface area contributed by atoms with Crippen LogP contribution in [0, 0.1) is 0 Å². The Labute approximate surface area is 157 Å². The van der Waals surface area contributed by atoms with Gasteiger partial charge in [0, 0.05) is 33.9 Å². The molecule has 1 aromatic rings. The lowest BCUT2D eigenvalue weighted by Crippen LogP contribution is -2.38. The van der Waals surface area contributed by atoms with Gasteiger partial charge in [0.05, 0.1) is 27.4 Å². The first kappa shape index (κ1) is 22.1. The van der Waals surface area contributed by atoms with Crippen molar-refractivity contribution in [3.63, 3.8) is 0 Å². The molecule has 7 heteroatoms. The van der Waals surface area contributed by atoms with Crippen molar-refractivity contribution in [1.29, 1.82) is 0 Å². The second kappa shape index (κ2) is 14.2. The first-order chi connectivity index (χ1) is 12.7. The van der Waals surface area contributed by atoms with Gasteiger partial charge in [0.1, 0.15) is 0 Å². The van der Waals surface area contributed by atoms with Crippen LogP contribution in [0.25, 0.3) is 0 Å². The first-order valence-corrected chi connectivity index (χ1v) is 8.97. The van der Waals surface area contributed by atoms with E-state index >= 15 is 0 Å². The molecule has 0 bridgehead atoms. The molecule has 26 heavy (non-hydrogen) atoms. The minimum Gasteiger partial charge on any atom is -0.493 e. The van der Waals surface area contributed by atoms with Crippen LogP contribution in [0.5, 0.6) is 11.5 Å². The molecule has 1 aromatic carbocycles. The van der Waals surface area contributed by atoms with Gasteiger partial charge in [-0.25, -0.2) is 0 Å². The maximum atomic E-state index is 5.43. The van der Waals surface area contributed by atoms with Gasteiger partial charge >= 0.3 is 0 Å². The van der Waals surface area contributed by atoms with E-state index in [1.165, 1.54) is 5.56 Å². The van der Waals surface area contributed by atoms with Crippen LogP contribution in [0.4, 0.5) is 0 Å². The Balaban J connectivity index is 2.19. The average Bonchev–Trinajstić information content (AvgIpc) is 2.68. The van der Waals surface area contributed by atoms with E-state index in [-0.39, 0.29) is 0 Å². The number of ether oxygens (including phenoxy) is 4. The van der Waals surface area contributed by atoms with Crippen LogP contribution >= 0.6 is 0 Å². The summed E-state index contributed by atoms with van der Waals surface area (Å²) in [4.78, 5) is 4.23. The lowest BCUT2D eigenvalue weighted by Gasteiger charge is -2.12. The topological polar surface area (TPSA) is 73.3 Å². The van der Waals surface area contributed by atoms with Crippen molar-refractivity contribution in [1.82, 2.24) is 10.6 Å². The monoisotopic (exact) mass is 367 g/mol. The number of guanidine groups is 1. The molecule has 2 N–H and O–H groups in total. The number of hydrogen-bond donors (Lipinski definition) is 2. The Morgan fingerprint density at radius 1 is 0.923 bits per heavy atom. The van der Waals surface area contributed by atoms with E-state index in [0.29, 0.717) is 19.8 Å². The molecule has 0 aliphatic rings. The second-order valence-corrected chi connectivity index (χ2v) is 5.68. The summed E-state index contributed by atoms with van der Waals surface area (Å²) in [5.41, 5.74) is 1.22. The predicted molar refractivity (Wildman–Crippen MR) is 105 cm³/mol. The molecular weight excluding hydrogens is 334 g/mol. The van der Waals surface area contributed by atoms with Crippen LogP contribution in [-0.4, -0.2) is 67.2 Å². The minimum atomic E-state index is 0.636. The van der Waals surface area contributed by atoms with Crippen molar-refractivity contribution < 1.29 is 18.9 Å². The zero-order valence-electron chi connectivity index (χ0n) is 16.5. The second-order valence-electron chi connectivity index (χ2n) is 5.68. The third kappa shape index (κ3) is 8.92. The molecule has 0 aromatic heterocycles. The normalized spacial score (nSPS) is 11.3. The third-order valence-electron chi connectivity index (χ3n) is 3.80. The number of rotatable bonds is 13. The van der Waals surface area contributed by atoms with Crippen LogP contribution < -0.4 is 20.1 Å². The number of nitrogens with zero attached hydrogens (tertiary/aromatic N) is 1. The van der Waals surface area contributed by atoms with Gasteiger partial charge < -0.3 is 29.6 Å². The van der Waals surface area contributed by atoms with E-state index in [0.717, 1.165) is 49.8 Å². The first-order valence-electron chi connectivity index (χ1n) is 8.97. The van der Waals surface area contributed by atoms with Crippen molar-refractivity contribution in [2.75, 3.05) is 61.3 Å². The van der Waals surface area contributed by atoms with Crippen molar-refractivity contribution in [2.24, 2.45) is 4.99 Å². The Morgan fingerprint density at radius 3 is 2.31 bits per heavy atom. The van der Waals surface area contributed by atoms with Gasteiger partial charge in [-0.15, -0.1) is 0 Å². The predicted octanol–water partition coefficient (Wildman–Crippen LogP) is 1.85. The number of methoxy groups -OCH3 is 3. The van der Waals surface area contributed by atoms with Gasteiger partial charge in [-0.1, -0.05) is 6.07 Å². The highest BCUT2D eigenvalue weighted by Gasteiger charge is 2.04. The Kier molecular flexibility index (Phi) is 12.1. The summed E-state index contributed by atoms with van der Waals surface area (Å²) >= 11 is 0. The average molecular weight is 367 g/mol. The number of aryl methyl sites for hydroxylation is 1. The van der Waals surface area contributed by atoms with E-state index in [9.17, 15) is 0 Å². The van der Waals surface area contributed by atoms with E-state index < -0.39 is 0 Å². The van der Waals surface area contributed by atoms with Crippen molar-refractivity contribution in [2.45, 2.75) is 19.3 Å². The number of hydrogen-bond acceptors (Lipinski definition) is 5. The highest BCUT2D eigenvalue weighted by molar-refractivity contribution is 5.79. The van der Waals surface area contributed by atoms with Crippen LogP contribution in [-0.2, 0) is 15.9 Å². The number of benzene rings is 1. The van der Waals surface area contributed by atoms with Crippen molar-refractivity contribution >= 4 is 5.96 Å². The minimum absolute atomic E-state index is 0.636. The van der Waals surface area contributed by atoms with Gasteiger partial charge in [-0.3, -0.25) is 4.99 Å².